The Morgan fingerprint density at radius 2 is 2.00 bits per heavy atom. The van der Waals surface area contributed by atoms with Crippen LogP contribution >= 0.6 is 15.9 Å². The summed E-state index contributed by atoms with van der Waals surface area (Å²) in [6.07, 6.45) is 2.55. The van der Waals surface area contributed by atoms with Gasteiger partial charge in [0.2, 0.25) is 5.43 Å². The molecule has 2 rings (SSSR count). The lowest BCUT2D eigenvalue weighted by Crippen LogP contribution is -2.21. The van der Waals surface area contributed by atoms with Gasteiger partial charge in [0, 0.05) is 22.9 Å². The fraction of sp³-hybridized carbons (Fsp3) is 0.0833. The largest absolute Gasteiger partial charge is 0.366 e. The number of aromatic amines is 1. The van der Waals surface area contributed by atoms with Gasteiger partial charge in [-0.15, -0.1) is 0 Å². The molecular weight excluding hydrogens is 332 g/mol. The summed E-state index contributed by atoms with van der Waals surface area (Å²) in [6.45, 7) is 1.78. The molecule has 5 nitrogen and oxygen atoms in total. The first kappa shape index (κ1) is 13.8. The van der Waals surface area contributed by atoms with Crippen LogP contribution in [-0.4, -0.2) is 13.4 Å². The van der Waals surface area contributed by atoms with Crippen LogP contribution in [0.3, 0.4) is 0 Å². The summed E-state index contributed by atoms with van der Waals surface area (Å²) in [6, 6.07) is 6.31. The number of nitrogens with one attached hydrogen (secondary N) is 2. The number of hydrogen-bond donors (Lipinski definition) is 2. The Hall–Kier alpha value is -1.60. The molecule has 0 atom stereocenters. The van der Waals surface area contributed by atoms with E-state index in [0.717, 1.165) is 10.0 Å². The lowest BCUT2D eigenvalue weighted by Gasteiger charge is -2.10. The van der Waals surface area contributed by atoms with Crippen molar-refractivity contribution in [1.82, 2.24) is 4.98 Å². The second-order valence-corrected chi connectivity index (χ2v) is 6.50. The first-order chi connectivity index (χ1) is 8.90. The van der Waals surface area contributed by atoms with Crippen molar-refractivity contribution >= 4 is 31.6 Å². The van der Waals surface area contributed by atoms with Crippen LogP contribution in [0.1, 0.15) is 5.56 Å². The molecule has 0 aliphatic heterocycles. The van der Waals surface area contributed by atoms with Gasteiger partial charge in [-0.05, 0) is 30.7 Å². The standard InChI is InChI=1S/C12H11BrN2O3S/c1-8-6-9(13)2-3-10(8)15-19(17,18)12-7-14-5-4-11(12)16/h2-7,15H,1H3,(H,14,16). The van der Waals surface area contributed by atoms with Crippen molar-refractivity contribution in [3.63, 3.8) is 0 Å². The second-order valence-electron chi connectivity index (χ2n) is 3.94. The summed E-state index contributed by atoms with van der Waals surface area (Å²) >= 11 is 3.30. The van der Waals surface area contributed by atoms with E-state index in [1.807, 2.05) is 0 Å². The van der Waals surface area contributed by atoms with E-state index in [9.17, 15) is 13.2 Å². The smallest absolute Gasteiger partial charge is 0.267 e. The monoisotopic (exact) mass is 342 g/mol. The Labute approximate surface area is 118 Å². The minimum Gasteiger partial charge on any atom is -0.366 e. The molecule has 2 N–H and O–H groups in total. The molecule has 1 aromatic carbocycles. The van der Waals surface area contributed by atoms with E-state index >= 15 is 0 Å². The highest BCUT2D eigenvalue weighted by molar-refractivity contribution is 9.10. The van der Waals surface area contributed by atoms with Crippen LogP contribution in [0.5, 0.6) is 0 Å². The molecule has 0 aliphatic rings. The minimum absolute atomic E-state index is 0.308. The molecule has 0 spiro atoms. The van der Waals surface area contributed by atoms with E-state index < -0.39 is 15.5 Å². The zero-order valence-electron chi connectivity index (χ0n) is 9.98. The minimum atomic E-state index is -3.89. The van der Waals surface area contributed by atoms with Crippen molar-refractivity contribution < 1.29 is 8.42 Å². The maximum absolute atomic E-state index is 12.1. The van der Waals surface area contributed by atoms with Crippen molar-refractivity contribution in [3.05, 3.63) is 56.9 Å². The van der Waals surface area contributed by atoms with Crippen LogP contribution in [-0.2, 0) is 10.0 Å². The highest BCUT2D eigenvalue weighted by Gasteiger charge is 2.18. The van der Waals surface area contributed by atoms with Crippen molar-refractivity contribution in [2.45, 2.75) is 11.8 Å². The van der Waals surface area contributed by atoms with Gasteiger partial charge in [-0.25, -0.2) is 8.42 Å². The molecule has 7 heteroatoms. The van der Waals surface area contributed by atoms with Gasteiger partial charge in [-0.2, -0.15) is 0 Å². The highest BCUT2D eigenvalue weighted by Crippen LogP contribution is 2.22. The zero-order chi connectivity index (χ0) is 14.0. The van der Waals surface area contributed by atoms with E-state index in [1.165, 1.54) is 18.5 Å². The SMILES string of the molecule is Cc1cc(Br)ccc1NS(=O)(=O)c1c[nH]ccc1=O. The van der Waals surface area contributed by atoms with Gasteiger partial charge in [0.1, 0.15) is 0 Å². The lowest BCUT2D eigenvalue weighted by atomic mass is 10.2. The predicted molar refractivity (Wildman–Crippen MR) is 76.8 cm³/mol. The van der Waals surface area contributed by atoms with Crippen molar-refractivity contribution in [2.75, 3.05) is 4.72 Å². The van der Waals surface area contributed by atoms with Gasteiger partial charge in [0.05, 0.1) is 5.69 Å². The summed E-state index contributed by atoms with van der Waals surface area (Å²) in [5.74, 6) is 0. The number of sulfonamides is 1. The molecule has 0 fully saturated rings. The molecule has 0 saturated carbocycles. The van der Waals surface area contributed by atoms with Crippen LogP contribution in [0.4, 0.5) is 5.69 Å². The first-order valence-electron chi connectivity index (χ1n) is 5.36. The maximum atomic E-state index is 12.1. The van der Waals surface area contributed by atoms with Crippen molar-refractivity contribution in [1.29, 1.82) is 0 Å². The van der Waals surface area contributed by atoms with E-state index in [0.29, 0.717) is 5.69 Å². The van der Waals surface area contributed by atoms with Gasteiger partial charge in [0.25, 0.3) is 10.0 Å². The molecule has 100 valence electrons. The van der Waals surface area contributed by atoms with Crippen molar-refractivity contribution in [3.8, 4) is 0 Å². The molecule has 19 heavy (non-hydrogen) atoms. The molecule has 1 aromatic heterocycles. The summed E-state index contributed by atoms with van der Waals surface area (Å²) in [7, 11) is -3.89. The third-order valence-electron chi connectivity index (χ3n) is 2.51. The predicted octanol–water partition coefficient (Wildman–Crippen LogP) is 2.25. The third kappa shape index (κ3) is 3.05. The average Bonchev–Trinajstić information content (AvgIpc) is 2.33. The highest BCUT2D eigenvalue weighted by atomic mass is 79.9. The lowest BCUT2D eigenvalue weighted by molar-refractivity contribution is 0.600. The summed E-state index contributed by atoms with van der Waals surface area (Å²) in [4.78, 5) is 13.8. The number of H-pyrrole nitrogens is 1. The van der Waals surface area contributed by atoms with Gasteiger partial charge in [0.15, 0.2) is 4.90 Å². The van der Waals surface area contributed by atoms with Crippen LogP contribution < -0.4 is 10.2 Å². The van der Waals surface area contributed by atoms with Gasteiger partial charge < -0.3 is 4.98 Å². The van der Waals surface area contributed by atoms with Crippen LogP contribution in [0, 0.1) is 6.92 Å². The molecule has 0 unspecified atom stereocenters. The number of hydrogen-bond acceptors (Lipinski definition) is 3. The molecular formula is C12H11BrN2O3S. The quantitative estimate of drug-likeness (QED) is 0.897. The number of anilines is 1. The summed E-state index contributed by atoms with van der Waals surface area (Å²) in [5.41, 5.74) is 0.637. The average molecular weight is 343 g/mol. The van der Waals surface area contributed by atoms with E-state index in [2.05, 4.69) is 25.6 Å². The fourth-order valence-electron chi connectivity index (χ4n) is 1.55. The number of halogens is 1. The fourth-order valence-corrected chi connectivity index (χ4v) is 3.21. The Kier molecular flexibility index (Phi) is 3.77. The Morgan fingerprint density at radius 1 is 1.26 bits per heavy atom. The Morgan fingerprint density at radius 3 is 2.63 bits per heavy atom. The number of aryl methyl sites for hydroxylation is 1. The Bertz CT molecular complexity index is 769. The molecule has 0 amide bonds. The molecule has 2 aromatic rings. The number of pyridine rings is 1. The van der Waals surface area contributed by atoms with Crippen LogP contribution in [0.15, 0.2) is 50.8 Å². The molecule has 1 heterocycles. The van der Waals surface area contributed by atoms with E-state index in [1.54, 1.807) is 25.1 Å². The summed E-state index contributed by atoms with van der Waals surface area (Å²) in [5, 5.41) is 0. The Balaban J connectivity index is 2.43. The normalized spacial score (nSPS) is 11.3. The van der Waals surface area contributed by atoms with E-state index in [4.69, 9.17) is 0 Å². The summed E-state index contributed by atoms with van der Waals surface area (Å²) < 4.78 is 27.5. The number of rotatable bonds is 3. The van der Waals surface area contributed by atoms with Gasteiger partial charge in [-0.3, -0.25) is 9.52 Å². The molecule has 0 bridgehead atoms. The zero-order valence-corrected chi connectivity index (χ0v) is 12.4. The third-order valence-corrected chi connectivity index (χ3v) is 4.39. The molecule has 0 aliphatic carbocycles. The van der Waals surface area contributed by atoms with Crippen LogP contribution in [0.25, 0.3) is 0 Å². The van der Waals surface area contributed by atoms with Gasteiger partial charge >= 0.3 is 0 Å². The maximum Gasteiger partial charge on any atom is 0.267 e. The topological polar surface area (TPSA) is 79.0 Å². The van der Waals surface area contributed by atoms with Gasteiger partial charge in [-0.1, -0.05) is 15.9 Å². The van der Waals surface area contributed by atoms with Crippen LogP contribution in [0.2, 0.25) is 0 Å². The molecule has 0 saturated heterocycles. The second kappa shape index (κ2) is 5.18. The van der Waals surface area contributed by atoms with Crippen molar-refractivity contribution in [2.24, 2.45) is 0 Å². The van der Waals surface area contributed by atoms with E-state index in [-0.39, 0.29) is 4.90 Å². The number of aromatic nitrogens is 1. The molecule has 0 radical (unpaired) electrons. The first-order valence-corrected chi connectivity index (χ1v) is 7.64. The number of benzene rings is 1.